The Morgan fingerprint density at radius 1 is 1.32 bits per heavy atom. The highest BCUT2D eigenvalue weighted by atomic mass is 28.3. The lowest BCUT2D eigenvalue weighted by molar-refractivity contribution is 0.0600. The fourth-order valence-electron chi connectivity index (χ4n) is 1.76. The highest BCUT2D eigenvalue weighted by Crippen LogP contribution is 2.23. The number of esters is 1. The van der Waals surface area contributed by atoms with E-state index in [1.807, 2.05) is 0 Å². The number of ether oxygens (including phenoxy) is 1. The molecule has 0 spiro atoms. The zero-order chi connectivity index (χ0) is 14.5. The molecule has 0 aliphatic heterocycles. The molecule has 0 aromatic heterocycles. The number of hydrogen-bond donors (Lipinski definition) is 1. The van der Waals surface area contributed by atoms with Gasteiger partial charge in [-0.3, -0.25) is 0 Å². The van der Waals surface area contributed by atoms with Crippen molar-refractivity contribution in [3.05, 3.63) is 29.8 Å². The molecule has 1 radical (unpaired) electrons. The molecule has 1 aromatic carbocycles. The average molecular weight is 280 g/mol. The van der Waals surface area contributed by atoms with Crippen LogP contribution >= 0.6 is 0 Å². The van der Waals surface area contributed by atoms with Crippen molar-refractivity contribution < 1.29 is 14.0 Å². The summed E-state index contributed by atoms with van der Waals surface area (Å²) in [7, 11) is 0.425. The van der Waals surface area contributed by atoms with Crippen molar-refractivity contribution >= 4 is 15.0 Å². The van der Waals surface area contributed by atoms with Gasteiger partial charge in [-0.15, -0.1) is 0 Å². The standard InChI is InChI=1S/C14H22NO3Si/c1-14(2,9-15)10-19(4)18-12-7-5-11(6-8-12)13(16)17-3/h5-8H,9-10,15H2,1-4H3. The summed E-state index contributed by atoms with van der Waals surface area (Å²) in [5.41, 5.74) is 6.36. The molecule has 19 heavy (non-hydrogen) atoms. The van der Waals surface area contributed by atoms with Gasteiger partial charge < -0.3 is 14.9 Å². The number of hydrogen-bond acceptors (Lipinski definition) is 4. The molecule has 2 N–H and O–H groups in total. The van der Waals surface area contributed by atoms with Crippen molar-refractivity contribution in [2.75, 3.05) is 13.7 Å². The van der Waals surface area contributed by atoms with Crippen LogP contribution in [0.2, 0.25) is 12.6 Å². The first-order valence-corrected chi connectivity index (χ1v) is 8.38. The first-order chi connectivity index (χ1) is 8.88. The van der Waals surface area contributed by atoms with E-state index in [0.717, 1.165) is 11.8 Å². The van der Waals surface area contributed by atoms with Crippen LogP contribution in [0.4, 0.5) is 0 Å². The van der Waals surface area contributed by atoms with Crippen LogP contribution in [-0.4, -0.2) is 28.7 Å². The van der Waals surface area contributed by atoms with Crippen molar-refractivity contribution in [2.45, 2.75) is 26.4 Å². The molecule has 4 nitrogen and oxygen atoms in total. The number of carbonyl (C=O) groups excluding carboxylic acids is 1. The summed E-state index contributed by atoms with van der Waals surface area (Å²) in [6.45, 7) is 7.06. The zero-order valence-corrected chi connectivity index (χ0v) is 13.0. The SMILES string of the molecule is COC(=O)c1ccc(O[Si](C)CC(C)(C)CN)cc1. The largest absolute Gasteiger partial charge is 0.542 e. The molecule has 5 heteroatoms. The van der Waals surface area contributed by atoms with Crippen LogP contribution in [0, 0.1) is 5.41 Å². The maximum Gasteiger partial charge on any atom is 0.337 e. The molecule has 1 rings (SSSR count). The van der Waals surface area contributed by atoms with Gasteiger partial charge in [0.2, 0.25) is 0 Å². The Morgan fingerprint density at radius 3 is 2.37 bits per heavy atom. The maximum absolute atomic E-state index is 11.3. The van der Waals surface area contributed by atoms with Crippen LogP contribution in [0.1, 0.15) is 24.2 Å². The molecule has 0 aliphatic carbocycles. The second-order valence-corrected chi connectivity index (χ2v) is 7.33. The Hall–Kier alpha value is -1.33. The van der Waals surface area contributed by atoms with Crippen LogP contribution in [0.25, 0.3) is 0 Å². The van der Waals surface area contributed by atoms with Crippen molar-refractivity contribution in [1.82, 2.24) is 0 Å². The smallest absolute Gasteiger partial charge is 0.337 e. The second-order valence-electron chi connectivity index (χ2n) is 5.37. The first-order valence-electron chi connectivity index (χ1n) is 6.27. The van der Waals surface area contributed by atoms with Gasteiger partial charge in [-0.2, -0.15) is 0 Å². The van der Waals surface area contributed by atoms with Crippen LogP contribution in [-0.2, 0) is 4.74 Å². The summed E-state index contributed by atoms with van der Waals surface area (Å²) in [4.78, 5) is 11.3. The molecular formula is C14H22NO3Si. The van der Waals surface area contributed by atoms with E-state index in [1.165, 1.54) is 7.11 Å². The van der Waals surface area contributed by atoms with Crippen LogP contribution < -0.4 is 10.2 Å². The quantitative estimate of drug-likeness (QED) is 0.642. The third-order valence-electron chi connectivity index (χ3n) is 2.85. The fraction of sp³-hybridized carbons (Fsp3) is 0.500. The van der Waals surface area contributed by atoms with Crippen LogP contribution in [0.15, 0.2) is 24.3 Å². The summed E-state index contributed by atoms with van der Waals surface area (Å²) >= 11 is 0. The van der Waals surface area contributed by atoms with Gasteiger partial charge in [0, 0.05) is 0 Å². The molecule has 1 aromatic rings. The number of benzene rings is 1. The van der Waals surface area contributed by atoms with E-state index in [9.17, 15) is 4.79 Å². The third-order valence-corrected chi connectivity index (χ3v) is 4.89. The molecule has 0 heterocycles. The van der Waals surface area contributed by atoms with E-state index in [2.05, 4.69) is 25.1 Å². The number of methoxy groups -OCH3 is 1. The normalized spacial score (nSPS) is 11.5. The minimum atomic E-state index is -0.945. The van der Waals surface area contributed by atoms with E-state index in [0.29, 0.717) is 12.1 Å². The van der Waals surface area contributed by atoms with Gasteiger partial charge in [0.25, 0.3) is 9.04 Å². The topological polar surface area (TPSA) is 61.5 Å². The van der Waals surface area contributed by atoms with Crippen molar-refractivity contribution in [3.8, 4) is 5.75 Å². The number of rotatable bonds is 6. The van der Waals surface area contributed by atoms with Crippen molar-refractivity contribution in [3.63, 3.8) is 0 Å². The first kappa shape index (κ1) is 15.7. The van der Waals surface area contributed by atoms with E-state index in [-0.39, 0.29) is 11.4 Å². The zero-order valence-electron chi connectivity index (χ0n) is 12.0. The Labute approximate surface area is 116 Å². The minimum Gasteiger partial charge on any atom is -0.542 e. The van der Waals surface area contributed by atoms with Gasteiger partial charge in [0.15, 0.2) is 0 Å². The molecule has 0 saturated heterocycles. The third kappa shape index (κ3) is 5.04. The Bertz CT molecular complexity index is 417. The minimum absolute atomic E-state index is 0.106. The Morgan fingerprint density at radius 2 is 1.89 bits per heavy atom. The highest BCUT2D eigenvalue weighted by Gasteiger charge is 2.22. The van der Waals surface area contributed by atoms with E-state index in [1.54, 1.807) is 24.3 Å². The van der Waals surface area contributed by atoms with E-state index >= 15 is 0 Å². The molecule has 0 bridgehead atoms. The molecule has 0 amide bonds. The summed E-state index contributed by atoms with van der Waals surface area (Å²) in [6, 6.07) is 8.01. The van der Waals surface area contributed by atoms with E-state index < -0.39 is 9.04 Å². The predicted octanol–water partition coefficient (Wildman–Crippen LogP) is 2.46. The molecule has 0 fully saturated rings. The van der Waals surface area contributed by atoms with Crippen LogP contribution in [0.5, 0.6) is 5.75 Å². The van der Waals surface area contributed by atoms with Gasteiger partial charge in [0.1, 0.15) is 5.75 Å². The molecule has 0 saturated carbocycles. The summed E-state index contributed by atoms with van der Waals surface area (Å²) in [5.74, 6) is 0.453. The monoisotopic (exact) mass is 280 g/mol. The molecule has 105 valence electrons. The van der Waals surface area contributed by atoms with Crippen molar-refractivity contribution in [2.24, 2.45) is 11.1 Å². The lowest BCUT2D eigenvalue weighted by Crippen LogP contribution is -2.31. The maximum atomic E-state index is 11.3. The molecular weight excluding hydrogens is 258 g/mol. The summed E-state index contributed by atoms with van der Waals surface area (Å²) in [5, 5.41) is 0. The van der Waals surface area contributed by atoms with Gasteiger partial charge in [-0.25, -0.2) is 4.79 Å². The fourth-order valence-corrected chi connectivity index (χ4v) is 3.86. The lowest BCUT2D eigenvalue weighted by atomic mass is 9.97. The summed E-state index contributed by atoms with van der Waals surface area (Å²) < 4.78 is 10.6. The second kappa shape index (κ2) is 6.72. The van der Waals surface area contributed by atoms with E-state index in [4.69, 9.17) is 10.2 Å². The average Bonchev–Trinajstić information content (AvgIpc) is 2.38. The molecule has 0 atom stereocenters. The van der Waals surface area contributed by atoms with Gasteiger partial charge >= 0.3 is 5.97 Å². The van der Waals surface area contributed by atoms with Gasteiger partial charge in [0.05, 0.1) is 12.7 Å². The highest BCUT2D eigenvalue weighted by molar-refractivity contribution is 6.51. The predicted molar refractivity (Wildman–Crippen MR) is 77.7 cm³/mol. The molecule has 0 aliphatic rings. The van der Waals surface area contributed by atoms with Crippen molar-refractivity contribution in [1.29, 1.82) is 0 Å². The molecule has 0 unspecified atom stereocenters. The van der Waals surface area contributed by atoms with Gasteiger partial charge in [-0.05, 0) is 48.8 Å². The van der Waals surface area contributed by atoms with Crippen LogP contribution in [0.3, 0.4) is 0 Å². The lowest BCUT2D eigenvalue weighted by Gasteiger charge is -2.25. The van der Waals surface area contributed by atoms with Gasteiger partial charge in [-0.1, -0.05) is 13.8 Å². The summed E-state index contributed by atoms with van der Waals surface area (Å²) in [6.07, 6.45) is 0. The Kier molecular flexibility index (Phi) is 5.56. The Balaban J connectivity index is 2.60. The number of carbonyl (C=O) groups is 1. The number of nitrogens with two attached hydrogens (primary N) is 1.